The summed E-state index contributed by atoms with van der Waals surface area (Å²) < 4.78 is 0. The Morgan fingerprint density at radius 2 is 1.82 bits per heavy atom. The van der Waals surface area contributed by atoms with Crippen molar-refractivity contribution < 1.29 is 9.59 Å². The summed E-state index contributed by atoms with van der Waals surface area (Å²) in [7, 11) is 0. The minimum atomic E-state index is -0.308. The molecule has 0 saturated heterocycles. The van der Waals surface area contributed by atoms with Gasteiger partial charge >= 0.3 is 0 Å². The number of benzene rings is 2. The zero-order valence-electron chi connectivity index (χ0n) is 19.5. The fourth-order valence-corrected chi connectivity index (χ4v) is 5.82. The molecule has 2 N–H and O–H groups in total. The van der Waals surface area contributed by atoms with Crippen LogP contribution in [0.5, 0.6) is 0 Å². The van der Waals surface area contributed by atoms with Gasteiger partial charge in [-0.2, -0.15) is 0 Å². The highest BCUT2D eigenvalue weighted by Gasteiger charge is 2.42. The van der Waals surface area contributed by atoms with Crippen molar-refractivity contribution in [2.24, 2.45) is 5.41 Å². The summed E-state index contributed by atoms with van der Waals surface area (Å²) in [5.74, 6) is 0.0764. The molecule has 2 aliphatic rings. The van der Waals surface area contributed by atoms with Gasteiger partial charge in [-0.3, -0.25) is 9.59 Å². The van der Waals surface area contributed by atoms with Gasteiger partial charge in [0.1, 0.15) is 0 Å². The molecule has 1 atom stereocenters. The third kappa shape index (κ3) is 4.50. The summed E-state index contributed by atoms with van der Waals surface area (Å²) in [4.78, 5) is 29.9. The van der Waals surface area contributed by atoms with Gasteiger partial charge in [0.15, 0.2) is 5.78 Å². The Morgan fingerprint density at radius 3 is 2.59 bits per heavy atom. The molecule has 2 heterocycles. The van der Waals surface area contributed by atoms with Crippen molar-refractivity contribution >= 4 is 34.4 Å². The van der Waals surface area contributed by atoms with Gasteiger partial charge in [-0.25, -0.2) is 0 Å². The van der Waals surface area contributed by atoms with E-state index >= 15 is 0 Å². The molecular weight excluding hydrogens is 442 g/mol. The summed E-state index contributed by atoms with van der Waals surface area (Å²) in [5.41, 5.74) is 4.55. The first kappa shape index (κ1) is 22.4. The molecule has 1 aliphatic carbocycles. The van der Waals surface area contributed by atoms with Gasteiger partial charge < -0.3 is 15.5 Å². The predicted molar refractivity (Wildman–Crippen MR) is 138 cm³/mol. The normalized spacial score (nSPS) is 19.1. The number of hydrogen-bond donors (Lipinski definition) is 2. The number of thiophene rings is 1. The maximum absolute atomic E-state index is 13.6. The van der Waals surface area contributed by atoms with Crippen LogP contribution in [0.25, 0.3) is 0 Å². The molecule has 0 spiro atoms. The van der Waals surface area contributed by atoms with Crippen LogP contribution in [0.1, 0.15) is 43.2 Å². The van der Waals surface area contributed by atoms with Crippen molar-refractivity contribution in [1.29, 1.82) is 0 Å². The molecule has 5 rings (SSSR count). The molecule has 0 radical (unpaired) electrons. The zero-order chi connectivity index (χ0) is 23.7. The van der Waals surface area contributed by atoms with E-state index in [0.29, 0.717) is 13.0 Å². The number of carbonyl (C=O) groups excluding carboxylic acids is 2. The quantitative estimate of drug-likeness (QED) is 0.503. The third-order valence-corrected chi connectivity index (χ3v) is 7.39. The molecule has 1 aliphatic heterocycles. The lowest BCUT2D eigenvalue weighted by Crippen LogP contribution is -2.41. The Balaban J connectivity index is 1.55. The molecule has 34 heavy (non-hydrogen) atoms. The summed E-state index contributed by atoms with van der Waals surface area (Å²) in [6.45, 7) is 4.91. The number of nitrogens with zero attached hydrogens (tertiary/aromatic N) is 1. The van der Waals surface area contributed by atoms with E-state index in [2.05, 4.69) is 35.4 Å². The molecule has 0 bridgehead atoms. The number of nitrogens with one attached hydrogen (secondary N) is 2. The van der Waals surface area contributed by atoms with E-state index in [1.165, 1.54) is 0 Å². The lowest BCUT2D eigenvalue weighted by Gasteiger charge is -2.37. The summed E-state index contributed by atoms with van der Waals surface area (Å²) >= 11 is 1.62. The minimum absolute atomic E-state index is 0.0761. The van der Waals surface area contributed by atoms with Crippen LogP contribution >= 0.6 is 11.3 Å². The third-order valence-electron chi connectivity index (χ3n) is 6.46. The molecule has 3 aromatic rings. The predicted octanol–water partition coefficient (Wildman–Crippen LogP) is 5.68. The van der Waals surface area contributed by atoms with Crippen LogP contribution in [0, 0.1) is 5.41 Å². The first-order valence-corrected chi connectivity index (χ1v) is 12.5. The second-order valence-electron chi connectivity index (χ2n) is 9.78. The number of carbonyl (C=O) groups is 2. The topological polar surface area (TPSA) is 61.4 Å². The largest absolute Gasteiger partial charge is 0.357 e. The zero-order valence-corrected chi connectivity index (χ0v) is 20.3. The van der Waals surface area contributed by atoms with Crippen molar-refractivity contribution in [3.63, 3.8) is 0 Å². The van der Waals surface area contributed by atoms with Gasteiger partial charge in [0.25, 0.3) is 0 Å². The molecule has 0 saturated carbocycles. The van der Waals surface area contributed by atoms with Crippen molar-refractivity contribution in [2.75, 3.05) is 16.8 Å². The molecule has 2 aromatic carbocycles. The van der Waals surface area contributed by atoms with E-state index in [0.717, 1.165) is 39.5 Å². The Morgan fingerprint density at radius 1 is 1.06 bits per heavy atom. The van der Waals surface area contributed by atoms with Crippen molar-refractivity contribution in [3.05, 3.63) is 93.8 Å². The van der Waals surface area contributed by atoms with Gasteiger partial charge in [0, 0.05) is 29.1 Å². The van der Waals surface area contributed by atoms with E-state index in [-0.39, 0.29) is 29.7 Å². The highest BCUT2D eigenvalue weighted by atomic mass is 32.1. The van der Waals surface area contributed by atoms with Crippen LogP contribution in [0.15, 0.2) is 83.4 Å². The first-order chi connectivity index (χ1) is 16.4. The summed E-state index contributed by atoms with van der Waals surface area (Å²) in [6.07, 6.45) is 1.29. The number of fused-ring (bicyclic) bond motifs is 1. The van der Waals surface area contributed by atoms with Gasteiger partial charge in [-0.15, -0.1) is 11.3 Å². The molecular formula is C28H29N3O2S. The van der Waals surface area contributed by atoms with E-state index in [9.17, 15) is 9.59 Å². The maximum Gasteiger partial charge on any atom is 0.239 e. The number of ketones is 1. The lowest BCUT2D eigenvalue weighted by atomic mass is 9.74. The van der Waals surface area contributed by atoms with Crippen LogP contribution < -0.4 is 15.5 Å². The Kier molecular flexibility index (Phi) is 6.00. The SMILES string of the molecule is CC1(C)CC(=O)C2=C(C1)Nc1ccccc1N(CC(=O)NCc1ccccc1)C2c1cccs1. The minimum Gasteiger partial charge on any atom is -0.357 e. The summed E-state index contributed by atoms with van der Waals surface area (Å²) in [6, 6.07) is 21.7. The number of rotatable bonds is 5. The maximum atomic E-state index is 13.6. The first-order valence-electron chi connectivity index (χ1n) is 11.6. The Bertz CT molecular complexity index is 1230. The van der Waals surface area contributed by atoms with Gasteiger partial charge in [-0.1, -0.05) is 62.4 Å². The van der Waals surface area contributed by atoms with Crippen LogP contribution in [0.2, 0.25) is 0 Å². The average Bonchev–Trinajstić information content (AvgIpc) is 3.30. The van der Waals surface area contributed by atoms with Crippen LogP contribution in [0.4, 0.5) is 11.4 Å². The van der Waals surface area contributed by atoms with Crippen molar-refractivity contribution in [1.82, 2.24) is 5.32 Å². The Hall–Kier alpha value is -3.38. The fraction of sp³-hybridized carbons (Fsp3) is 0.286. The number of Topliss-reactive ketones (excluding diaryl/α,β-unsaturated/α-hetero) is 1. The van der Waals surface area contributed by atoms with Crippen molar-refractivity contribution in [2.45, 2.75) is 39.3 Å². The number of allylic oxidation sites excluding steroid dienone is 1. The van der Waals surface area contributed by atoms with E-state index in [1.54, 1.807) is 11.3 Å². The standard InChI is InChI=1S/C28H29N3O2S/c1-28(2)15-21-26(23(32)16-28)27(24-13-8-14-34-24)31(22-12-7-6-11-20(22)30-21)18-25(33)29-17-19-9-4-3-5-10-19/h3-14,27,30H,15-18H2,1-2H3,(H,29,33). The van der Waals surface area contributed by atoms with Gasteiger partial charge in [0.05, 0.1) is 24.0 Å². The van der Waals surface area contributed by atoms with Crippen LogP contribution in [-0.2, 0) is 16.1 Å². The van der Waals surface area contributed by atoms with Crippen molar-refractivity contribution in [3.8, 4) is 0 Å². The van der Waals surface area contributed by atoms with E-state index < -0.39 is 0 Å². The second-order valence-corrected chi connectivity index (χ2v) is 10.8. The molecule has 0 fully saturated rings. The van der Waals surface area contributed by atoms with Crippen LogP contribution in [-0.4, -0.2) is 18.2 Å². The molecule has 5 nitrogen and oxygen atoms in total. The number of hydrogen-bond acceptors (Lipinski definition) is 5. The molecule has 1 amide bonds. The van der Waals surface area contributed by atoms with E-state index in [4.69, 9.17) is 0 Å². The molecule has 174 valence electrons. The van der Waals surface area contributed by atoms with Gasteiger partial charge in [0.2, 0.25) is 5.91 Å². The highest BCUT2D eigenvalue weighted by molar-refractivity contribution is 7.10. The monoisotopic (exact) mass is 471 g/mol. The smallest absolute Gasteiger partial charge is 0.239 e. The second kappa shape index (κ2) is 9.11. The Labute approximate surface area is 204 Å². The van der Waals surface area contributed by atoms with E-state index in [1.807, 2.05) is 66.0 Å². The van der Waals surface area contributed by atoms with Gasteiger partial charge in [-0.05, 0) is 41.0 Å². The molecule has 6 heteroatoms. The van der Waals surface area contributed by atoms with Crippen LogP contribution in [0.3, 0.4) is 0 Å². The fourth-order valence-electron chi connectivity index (χ4n) is 4.98. The summed E-state index contributed by atoms with van der Waals surface area (Å²) in [5, 5.41) is 8.68. The highest BCUT2D eigenvalue weighted by Crippen LogP contribution is 2.48. The number of amides is 1. The molecule has 1 unspecified atom stereocenters. The number of anilines is 2. The number of para-hydroxylation sites is 2. The lowest BCUT2D eigenvalue weighted by molar-refractivity contribution is -0.120. The average molecular weight is 472 g/mol. The molecule has 1 aromatic heterocycles.